The molecule has 2 saturated heterocycles. The van der Waals surface area contributed by atoms with Gasteiger partial charge in [-0.3, -0.25) is 0 Å². The van der Waals surface area contributed by atoms with Crippen molar-refractivity contribution in [2.75, 3.05) is 12.4 Å². The number of piperidine rings is 2. The molecule has 98 valence electrons. The Bertz CT molecular complexity index is 407. The Morgan fingerprint density at radius 1 is 1.17 bits per heavy atom. The van der Waals surface area contributed by atoms with Crippen LogP contribution in [0.5, 0.6) is 0 Å². The van der Waals surface area contributed by atoms with Crippen LogP contribution in [0.25, 0.3) is 0 Å². The lowest BCUT2D eigenvalue weighted by molar-refractivity contribution is 0.0608. The summed E-state index contributed by atoms with van der Waals surface area (Å²) < 4.78 is 13.6. The molecular formula is C15H21FN2. The van der Waals surface area contributed by atoms with E-state index in [4.69, 9.17) is 0 Å². The summed E-state index contributed by atoms with van der Waals surface area (Å²) in [4.78, 5) is 2.53. The molecule has 1 N–H and O–H groups in total. The maximum absolute atomic E-state index is 13.6. The predicted octanol–water partition coefficient (Wildman–Crippen LogP) is 3.25. The number of hydrogen-bond acceptors (Lipinski definition) is 2. The van der Waals surface area contributed by atoms with Crippen LogP contribution in [-0.2, 0) is 0 Å². The number of halogens is 1. The number of fused-ring (bicyclic) bond motifs is 2. The Kier molecular flexibility index (Phi) is 3.25. The molecular weight excluding hydrogens is 227 g/mol. The summed E-state index contributed by atoms with van der Waals surface area (Å²) in [6.45, 7) is 0. The molecule has 3 atom stereocenters. The van der Waals surface area contributed by atoms with E-state index in [1.807, 2.05) is 12.1 Å². The molecule has 3 heteroatoms. The lowest BCUT2D eigenvalue weighted by Crippen LogP contribution is -2.52. The second-order valence-electron chi connectivity index (χ2n) is 5.70. The molecule has 1 aromatic rings. The Morgan fingerprint density at radius 2 is 1.83 bits per heavy atom. The van der Waals surface area contributed by atoms with Crippen molar-refractivity contribution >= 4 is 5.69 Å². The molecule has 0 radical (unpaired) electrons. The third-order valence-corrected chi connectivity index (χ3v) is 4.57. The second kappa shape index (κ2) is 4.88. The van der Waals surface area contributed by atoms with Gasteiger partial charge in [-0.2, -0.15) is 0 Å². The summed E-state index contributed by atoms with van der Waals surface area (Å²) in [5.74, 6) is -0.137. The lowest BCUT2D eigenvalue weighted by atomic mass is 9.82. The number of nitrogens with one attached hydrogen (secondary N) is 1. The van der Waals surface area contributed by atoms with Crippen molar-refractivity contribution in [2.24, 2.45) is 0 Å². The van der Waals surface area contributed by atoms with E-state index < -0.39 is 0 Å². The lowest BCUT2D eigenvalue weighted by Gasteiger charge is -2.47. The van der Waals surface area contributed by atoms with Gasteiger partial charge in [0, 0.05) is 18.1 Å². The third-order valence-electron chi connectivity index (χ3n) is 4.57. The number of hydrogen-bond donors (Lipinski definition) is 1. The highest BCUT2D eigenvalue weighted by Crippen LogP contribution is 2.34. The number of para-hydroxylation sites is 1. The maximum Gasteiger partial charge on any atom is 0.146 e. The summed E-state index contributed by atoms with van der Waals surface area (Å²) in [6, 6.07) is 8.78. The van der Waals surface area contributed by atoms with Gasteiger partial charge in [0.05, 0.1) is 5.69 Å². The molecule has 0 aromatic heterocycles. The highest BCUT2D eigenvalue weighted by molar-refractivity contribution is 5.45. The molecule has 2 aliphatic heterocycles. The SMILES string of the molecule is CN1C2CCC[C@@H]1CC(Nc1ccccc1F)C2. The minimum Gasteiger partial charge on any atom is -0.380 e. The molecule has 2 nitrogen and oxygen atoms in total. The van der Waals surface area contributed by atoms with Gasteiger partial charge in [0.25, 0.3) is 0 Å². The van der Waals surface area contributed by atoms with E-state index in [-0.39, 0.29) is 5.82 Å². The van der Waals surface area contributed by atoms with Gasteiger partial charge in [-0.15, -0.1) is 0 Å². The largest absolute Gasteiger partial charge is 0.380 e. The van der Waals surface area contributed by atoms with Crippen LogP contribution in [0.15, 0.2) is 24.3 Å². The Hall–Kier alpha value is -1.09. The van der Waals surface area contributed by atoms with Crippen molar-refractivity contribution in [3.05, 3.63) is 30.1 Å². The van der Waals surface area contributed by atoms with Gasteiger partial charge in [0.15, 0.2) is 0 Å². The average Bonchev–Trinajstić information content (AvgIpc) is 2.33. The zero-order valence-electron chi connectivity index (χ0n) is 10.9. The van der Waals surface area contributed by atoms with Gasteiger partial charge < -0.3 is 10.2 Å². The first kappa shape index (κ1) is 12.0. The van der Waals surface area contributed by atoms with E-state index in [1.165, 1.54) is 25.3 Å². The first-order valence-electron chi connectivity index (χ1n) is 6.97. The highest BCUT2D eigenvalue weighted by Gasteiger charge is 2.35. The van der Waals surface area contributed by atoms with Crippen molar-refractivity contribution in [1.82, 2.24) is 4.90 Å². The summed E-state index contributed by atoms with van der Waals surface area (Å²) in [5.41, 5.74) is 0.658. The van der Waals surface area contributed by atoms with Crippen LogP contribution < -0.4 is 5.32 Å². The standard InChI is InChI=1S/C15H21FN2/c1-18-12-5-4-6-13(18)10-11(9-12)17-15-8-3-2-7-14(15)16/h2-3,7-8,11-13,17H,4-6,9-10H2,1H3/t11?,12-,13?/m1/s1. The van der Waals surface area contributed by atoms with Crippen LogP contribution >= 0.6 is 0 Å². The number of rotatable bonds is 2. The van der Waals surface area contributed by atoms with Crippen molar-refractivity contribution in [3.63, 3.8) is 0 Å². The Balaban J connectivity index is 1.70. The van der Waals surface area contributed by atoms with Gasteiger partial charge in [-0.1, -0.05) is 18.6 Å². The van der Waals surface area contributed by atoms with E-state index in [0.29, 0.717) is 23.8 Å². The van der Waals surface area contributed by atoms with E-state index in [2.05, 4.69) is 17.3 Å². The van der Waals surface area contributed by atoms with Crippen LogP contribution in [0.1, 0.15) is 32.1 Å². The highest BCUT2D eigenvalue weighted by atomic mass is 19.1. The van der Waals surface area contributed by atoms with E-state index in [0.717, 1.165) is 12.8 Å². The molecule has 2 unspecified atom stereocenters. The molecule has 0 spiro atoms. The molecule has 18 heavy (non-hydrogen) atoms. The zero-order valence-corrected chi connectivity index (χ0v) is 10.9. The summed E-state index contributed by atoms with van der Waals surface area (Å²) in [5, 5.41) is 3.40. The summed E-state index contributed by atoms with van der Waals surface area (Å²) in [6.07, 6.45) is 6.22. The van der Waals surface area contributed by atoms with Crippen molar-refractivity contribution in [2.45, 2.75) is 50.2 Å². The predicted molar refractivity (Wildman–Crippen MR) is 72.2 cm³/mol. The molecule has 1 aromatic carbocycles. The smallest absolute Gasteiger partial charge is 0.146 e. The van der Waals surface area contributed by atoms with Gasteiger partial charge in [0.2, 0.25) is 0 Å². The molecule has 2 heterocycles. The second-order valence-corrected chi connectivity index (χ2v) is 5.70. The van der Waals surface area contributed by atoms with Crippen LogP contribution in [0, 0.1) is 5.82 Å². The quantitative estimate of drug-likeness (QED) is 0.864. The van der Waals surface area contributed by atoms with Crippen molar-refractivity contribution < 1.29 is 4.39 Å². The summed E-state index contributed by atoms with van der Waals surface area (Å²) in [7, 11) is 2.24. The molecule has 2 aliphatic rings. The summed E-state index contributed by atoms with van der Waals surface area (Å²) >= 11 is 0. The third kappa shape index (κ3) is 2.24. The molecule has 3 rings (SSSR count). The fraction of sp³-hybridized carbons (Fsp3) is 0.600. The van der Waals surface area contributed by atoms with E-state index >= 15 is 0 Å². The van der Waals surface area contributed by atoms with E-state index in [9.17, 15) is 4.39 Å². The first-order valence-corrected chi connectivity index (χ1v) is 6.97. The minimum absolute atomic E-state index is 0.137. The topological polar surface area (TPSA) is 15.3 Å². The molecule has 0 aliphatic carbocycles. The normalized spacial score (nSPS) is 32.2. The number of anilines is 1. The molecule has 0 saturated carbocycles. The molecule has 0 amide bonds. The van der Waals surface area contributed by atoms with E-state index in [1.54, 1.807) is 6.07 Å². The van der Waals surface area contributed by atoms with Crippen LogP contribution in [-0.4, -0.2) is 30.1 Å². The zero-order chi connectivity index (χ0) is 12.5. The van der Waals surface area contributed by atoms with Crippen LogP contribution in [0.2, 0.25) is 0 Å². The molecule has 2 bridgehead atoms. The first-order chi connectivity index (χ1) is 8.74. The van der Waals surface area contributed by atoms with Gasteiger partial charge in [-0.25, -0.2) is 4.39 Å². The Labute approximate surface area is 108 Å². The van der Waals surface area contributed by atoms with Gasteiger partial charge in [0.1, 0.15) is 5.82 Å². The van der Waals surface area contributed by atoms with Crippen LogP contribution in [0.3, 0.4) is 0 Å². The fourth-order valence-corrected chi connectivity index (χ4v) is 3.53. The van der Waals surface area contributed by atoms with Gasteiger partial charge >= 0.3 is 0 Å². The van der Waals surface area contributed by atoms with Crippen molar-refractivity contribution in [3.8, 4) is 0 Å². The monoisotopic (exact) mass is 248 g/mol. The fourth-order valence-electron chi connectivity index (χ4n) is 3.53. The minimum atomic E-state index is -0.137. The Morgan fingerprint density at radius 3 is 2.50 bits per heavy atom. The number of nitrogens with zero attached hydrogens (tertiary/aromatic N) is 1. The number of benzene rings is 1. The maximum atomic E-state index is 13.6. The molecule has 2 fully saturated rings. The van der Waals surface area contributed by atoms with Crippen LogP contribution in [0.4, 0.5) is 10.1 Å². The van der Waals surface area contributed by atoms with Crippen molar-refractivity contribution in [1.29, 1.82) is 0 Å². The van der Waals surface area contributed by atoms with Gasteiger partial charge in [-0.05, 0) is 44.9 Å². The average molecular weight is 248 g/mol.